The van der Waals surface area contributed by atoms with Gasteiger partial charge in [0.2, 0.25) is 0 Å². The first kappa shape index (κ1) is 12.5. The Morgan fingerprint density at radius 3 is 2.82 bits per heavy atom. The molecule has 0 saturated heterocycles. The Morgan fingerprint density at radius 1 is 1.41 bits per heavy atom. The fraction of sp³-hybridized carbons (Fsp3) is 0.571. The Kier molecular flexibility index (Phi) is 3.48. The molecule has 0 amide bonds. The van der Waals surface area contributed by atoms with Crippen molar-refractivity contribution >= 4 is 0 Å². The molecule has 0 bridgehead atoms. The number of nitrogens with one attached hydrogen (secondary N) is 1. The van der Waals surface area contributed by atoms with E-state index in [0.29, 0.717) is 13.0 Å². The van der Waals surface area contributed by atoms with Crippen LogP contribution < -0.4 is 5.32 Å². The van der Waals surface area contributed by atoms with E-state index in [1.165, 1.54) is 0 Å². The summed E-state index contributed by atoms with van der Waals surface area (Å²) < 4.78 is 26.9. The summed E-state index contributed by atoms with van der Waals surface area (Å²) in [6.45, 7) is 4.59. The zero-order chi connectivity index (χ0) is 12.5. The van der Waals surface area contributed by atoms with Gasteiger partial charge in [0.25, 0.3) is 6.43 Å². The smallest absolute Gasteiger partial charge is 0.260 e. The molecular weight excluding hydrogens is 220 g/mol. The zero-order valence-electron chi connectivity index (χ0n) is 10.4. The van der Waals surface area contributed by atoms with Crippen LogP contribution in [-0.4, -0.2) is 13.0 Å². The molecule has 0 radical (unpaired) electrons. The Morgan fingerprint density at radius 2 is 2.18 bits per heavy atom. The van der Waals surface area contributed by atoms with Crippen molar-refractivity contribution in [1.82, 2.24) is 5.32 Å². The van der Waals surface area contributed by atoms with Gasteiger partial charge in [-0.05, 0) is 43.9 Å². The first-order valence-corrected chi connectivity index (χ1v) is 6.23. The van der Waals surface area contributed by atoms with Crippen molar-refractivity contribution in [3.8, 4) is 0 Å². The standard InChI is InChI=1S/C14H19F2N/c1-3-8-17-14(13(15)16)7-6-11-5-4-10(2)9-12(11)14/h4-5,9,13,17H,3,6-8H2,1-2H3. The molecule has 94 valence electrons. The van der Waals surface area contributed by atoms with Crippen LogP contribution in [0.4, 0.5) is 8.78 Å². The lowest BCUT2D eigenvalue weighted by molar-refractivity contribution is 0.0280. The second-order valence-electron chi connectivity index (χ2n) is 4.86. The summed E-state index contributed by atoms with van der Waals surface area (Å²) in [5, 5.41) is 3.08. The molecule has 0 spiro atoms. The van der Waals surface area contributed by atoms with E-state index >= 15 is 0 Å². The van der Waals surface area contributed by atoms with E-state index in [-0.39, 0.29) is 0 Å². The topological polar surface area (TPSA) is 12.0 Å². The predicted octanol–water partition coefficient (Wildman–Crippen LogP) is 3.40. The molecule has 1 nitrogen and oxygen atoms in total. The van der Waals surface area contributed by atoms with E-state index in [9.17, 15) is 8.78 Å². The highest BCUT2D eigenvalue weighted by molar-refractivity contribution is 5.42. The summed E-state index contributed by atoms with van der Waals surface area (Å²) in [4.78, 5) is 0. The Hall–Kier alpha value is -0.960. The van der Waals surface area contributed by atoms with Crippen molar-refractivity contribution in [2.45, 2.75) is 45.1 Å². The van der Waals surface area contributed by atoms with Crippen molar-refractivity contribution in [2.24, 2.45) is 0 Å². The van der Waals surface area contributed by atoms with E-state index in [1.807, 2.05) is 32.0 Å². The summed E-state index contributed by atoms with van der Waals surface area (Å²) in [5.74, 6) is 0. The van der Waals surface area contributed by atoms with Gasteiger partial charge in [0.15, 0.2) is 0 Å². The number of alkyl halides is 2. The number of benzene rings is 1. The molecule has 0 aliphatic heterocycles. The van der Waals surface area contributed by atoms with E-state index in [1.54, 1.807) is 0 Å². The number of hydrogen-bond donors (Lipinski definition) is 1. The summed E-state index contributed by atoms with van der Waals surface area (Å²) in [7, 11) is 0. The van der Waals surface area contributed by atoms with Crippen LogP contribution in [0.5, 0.6) is 0 Å². The van der Waals surface area contributed by atoms with Crippen LogP contribution in [0.1, 0.15) is 36.5 Å². The molecule has 1 aromatic carbocycles. The molecule has 0 saturated carbocycles. The summed E-state index contributed by atoms with van der Waals surface area (Å²) >= 11 is 0. The van der Waals surface area contributed by atoms with Gasteiger partial charge in [-0.15, -0.1) is 0 Å². The second-order valence-corrected chi connectivity index (χ2v) is 4.86. The molecule has 1 unspecified atom stereocenters. The molecule has 1 aliphatic rings. The van der Waals surface area contributed by atoms with Crippen molar-refractivity contribution in [3.63, 3.8) is 0 Å². The third-order valence-corrected chi connectivity index (χ3v) is 3.60. The van der Waals surface area contributed by atoms with E-state index in [4.69, 9.17) is 0 Å². The Bertz CT molecular complexity index is 403. The largest absolute Gasteiger partial charge is 0.303 e. The molecule has 1 N–H and O–H groups in total. The molecule has 0 aromatic heterocycles. The number of halogens is 2. The van der Waals surface area contributed by atoms with E-state index < -0.39 is 12.0 Å². The number of hydrogen-bond acceptors (Lipinski definition) is 1. The minimum atomic E-state index is -2.35. The van der Waals surface area contributed by atoms with Gasteiger partial charge in [-0.25, -0.2) is 8.78 Å². The number of aryl methyl sites for hydroxylation is 2. The van der Waals surface area contributed by atoms with Gasteiger partial charge in [-0.1, -0.05) is 30.7 Å². The molecule has 1 aromatic rings. The average molecular weight is 239 g/mol. The fourth-order valence-electron chi connectivity index (χ4n) is 2.63. The highest BCUT2D eigenvalue weighted by Crippen LogP contribution is 2.41. The number of rotatable bonds is 4. The molecule has 2 rings (SSSR count). The van der Waals surface area contributed by atoms with Crippen LogP contribution in [0.2, 0.25) is 0 Å². The van der Waals surface area contributed by atoms with Crippen molar-refractivity contribution in [3.05, 3.63) is 34.9 Å². The zero-order valence-corrected chi connectivity index (χ0v) is 10.4. The van der Waals surface area contributed by atoms with Crippen LogP contribution in [-0.2, 0) is 12.0 Å². The summed E-state index contributed by atoms with van der Waals surface area (Å²) in [6.07, 6.45) is -0.229. The molecule has 0 fully saturated rings. The fourth-order valence-corrected chi connectivity index (χ4v) is 2.63. The van der Waals surface area contributed by atoms with Crippen LogP contribution in [0.15, 0.2) is 18.2 Å². The predicted molar refractivity (Wildman–Crippen MR) is 65.5 cm³/mol. The van der Waals surface area contributed by atoms with Gasteiger partial charge >= 0.3 is 0 Å². The molecule has 1 atom stereocenters. The summed E-state index contributed by atoms with van der Waals surface area (Å²) in [6, 6.07) is 5.90. The lowest BCUT2D eigenvalue weighted by Gasteiger charge is -2.31. The highest BCUT2D eigenvalue weighted by atomic mass is 19.3. The first-order valence-electron chi connectivity index (χ1n) is 6.23. The van der Waals surface area contributed by atoms with Crippen molar-refractivity contribution in [2.75, 3.05) is 6.54 Å². The van der Waals surface area contributed by atoms with Crippen molar-refractivity contribution < 1.29 is 8.78 Å². The lowest BCUT2D eigenvalue weighted by atomic mass is 9.91. The minimum Gasteiger partial charge on any atom is -0.303 e. The van der Waals surface area contributed by atoms with E-state index in [0.717, 1.165) is 29.5 Å². The summed E-state index contributed by atoms with van der Waals surface area (Å²) in [5.41, 5.74) is 1.81. The van der Waals surface area contributed by atoms with Crippen LogP contribution in [0.3, 0.4) is 0 Å². The normalized spacial score (nSPS) is 23.1. The quantitative estimate of drug-likeness (QED) is 0.849. The molecule has 17 heavy (non-hydrogen) atoms. The van der Waals surface area contributed by atoms with Crippen LogP contribution in [0, 0.1) is 6.92 Å². The van der Waals surface area contributed by atoms with Gasteiger partial charge in [-0.3, -0.25) is 0 Å². The van der Waals surface area contributed by atoms with E-state index in [2.05, 4.69) is 5.32 Å². The van der Waals surface area contributed by atoms with Gasteiger partial charge in [-0.2, -0.15) is 0 Å². The average Bonchev–Trinajstić information content (AvgIpc) is 2.66. The lowest BCUT2D eigenvalue weighted by Crippen LogP contribution is -2.47. The highest BCUT2D eigenvalue weighted by Gasteiger charge is 2.45. The molecular formula is C14H19F2N. The maximum atomic E-state index is 13.5. The van der Waals surface area contributed by atoms with Crippen LogP contribution >= 0.6 is 0 Å². The second kappa shape index (κ2) is 4.73. The Labute approximate surface area is 101 Å². The third kappa shape index (κ3) is 2.08. The monoisotopic (exact) mass is 239 g/mol. The maximum absolute atomic E-state index is 13.5. The molecule has 0 heterocycles. The van der Waals surface area contributed by atoms with Gasteiger partial charge in [0.05, 0.1) is 0 Å². The van der Waals surface area contributed by atoms with Crippen molar-refractivity contribution in [1.29, 1.82) is 0 Å². The molecule has 3 heteroatoms. The van der Waals surface area contributed by atoms with Gasteiger partial charge in [0.1, 0.15) is 5.54 Å². The number of fused-ring (bicyclic) bond motifs is 1. The third-order valence-electron chi connectivity index (χ3n) is 3.60. The maximum Gasteiger partial charge on any atom is 0.260 e. The SMILES string of the molecule is CCCNC1(C(F)F)CCc2ccc(C)cc21. The van der Waals surface area contributed by atoms with Gasteiger partial charge < -0.3 is 5.32 Å². The first-order chi connectivity index (χ1) is 8.10. The van der Waals surface area contributed by atoms with Crippen LogP contribution in [0.25, 0.3) is 0 Å². The minimum absolute atomic E-state index is 0.503. The molecule has 1 aliphatic carbocycles. The van der Waals surface area contributed by atoms with Gasteiger partial charge in [0, 0.05) is 0 Å². The Balaban J connectivity index is 2.40.